The van der Waals surface area contributed by atoms with E-state index in [1.807, 2.05) is 13.0 Å². The molecule has 0 aliphatic heterocycles. The number of carbonyl (C=O) groups excluding carboxylic acids is 1. The minimum atomic E-state index is -0.300. The third kappa shape index (κ3) is 2.81. The molecule has 20 heavy (non-hydrogen) atoms. The Hall–Kier alpha value is -2.32. The molecule has 0 radical (unpaired) electrons. The number of benzene rings is 2. The van der Waals surface area contributed by atoms with Gasteiger partial charge in [-0.2, -0.15) is 5.26 Å². The van der Waals surface area contributed by atoms with Crippen molar-refractivity contribution in [2.45, 2.75) is 6.92 Å². The first-order chi connectivity index (χ1) is 9.52. The molecule has 0 aliphatic rings. The van der Waals surface area contributed by atoms with Crippen molar-refractivity contribution in [3.05, 3.63) is 57.6 Å². The minimum Gasteiger partial charge on any atom is -0.398 e. The summed E-state index contributed by atoms with van der Waals surface area (Å²) in [7, 11) is 0. The molecule has 0 unspecified atom stereocenters. The summed E-state index contributed by atoms with van der Waals surface area (Å²) < 4.78 is 0.738. The van der Waals surface area contributed by atoms with E-state index in [0.29, 0.717) is 22.5 Å². The Morgan fingerprint density at radius 2 is 2.10 bits per heavy atom. The number of nitriles is 1. The van der Waals surface area contributed by atoms with Gasteiger partial charge in [-0.25, -0.2) is 0 Å². The number of amides is 1. The molecule has 0 bridgehead atoms. The Morgan fingerprint density at radius 3 is 2.75 bits per heavy atom. The van der Waals surface area contributed by atoms with Crippen molar-refractivity contribution in [3.63, 3.8) is 0 Å². The van der Waals surface area contributed by atoms with Crippen LogP contribution in [0.2, 0.25) is 0 Å². The third-order valence-electron chi connectivity index (χ3n) is 2.89. The van der Waals surface area contributed by atoms with Crippen LogP contribution >= 0.6 is 15.9 Å². The molecule has 0 fully saturated rings. The number of hydrogen-bond donors (Lipinski definition) is 2. The molecule has 0 saturated carbocycles. The van der Waals surface area contributed by atoms with Gasteiger partial charge in [0.15, 0.2) is 0 Å². The molecular formula is C15H12BrN3O. The van der Waals surface area contributed by atoms with E-state index in [4.69, 9.17) is 11.0 Å². The zero-order chi connectivity index (χ0) is 14.7. The maximum atomic E-state index is 12.2. The summed E-state index contributed by atoms with van der Waals surface area (Å²) in [6, 6.07) is 12.4. The van der Waals surface area contributed by atoms with Crippen molar-refractivity contribution in [2.75, 3.05) is 11.1 Å². The molecule has 1 amide bonds. The molecule has 0 aliphatic carbocycles. The number of hydrogen-bond acceptors (Lipinski definition) is 3. The Balaban J connectivity index is 2.31. The van der Waals surface area contributed by atoms with Crippen molar-refractivity contribution in [3.8, 4) is 6.07 Å². The van der Waals surface area contributed by atoms with E-state index in [9.17, 15) is 4.79 Å². The maximum Gasteiger partial charge on any atom is 0.255 e. The van der Waals surface area contributed by atoms with Gasteiger partial charge in [0.25, 0.3) is 5.91 Å². The van der Waals surface area contributed by atoms with Gasteiger partial charge in [0.2, 0.25) is 0 Å². The van der Waals surface area contributed by atoms with Crippen LogP contribution in [0.1, 0.15) is 21.5 Å². The molecule has 5 heteroatoms. The molecule has 2 rings (SSSR count). The van der Waals surface area contributed by atoms with E-state index in [0.717, 1.165) is 10.0 Å². The smallest absolute Gasteiger partial charge is 0.255 e. The normalized spacial score (nSPS) is 9.85. The van der Waals surface area contributed by atoms with Crippen LogP contribution in [-0.2, 0) is 0 Å². The van der Waals surface area contributed by atoms with E-state index in [1.54, 1.807) is 30.3 Å². The van der Waals surface area contributed by atoms with Crippen LogP contribution in [0.3, 0.4) is 0 Å². The average molecular weight is 330 g/mol. The van der Waals surface area contributed by atoms with Gasteiger partial charge < -0.3 is 11.1 Å². The van der Waals surface area contributed by atoms with Gasteiger partial charge in [0, 0.05) is 15.7 Å². The van der Waals surface area contributed by atoms with Crippen molar-refractivity contribution >= 4 is 33.2 Å². The van der Waals surface area contributed by atoms with Gasteiger partial charge >= 0.3 is 0 Å². The highest BCUT2D eigenvalue weighted by molar-refractivity contribution is 9.10. The summed E-state index contributed by atoms with van der Waals surface area (Å²) in [5.41, 5.74) is 8.46. The molecule has 0 heterocycles. The highest BCUT2D eigenvalue weighted by Gasteiger charge is 2.11. The van der Waals surface area contributed by atoms with Crippen molar-refractivity contribution in [1.82, 2.24) is 0 Å². The number of nitrogens with one attached hydrogen (secondary N) is 1. The minimum absolute atomic E-state index is 0.300. The third-order valence-corrected chi connectivity index (χ3v) is 3.61. The van der Waals surface area contributed by atoms with Crippen LogP contribution < -0.4 is 11.1 Å². The maximum absolute atomic E-state index is 12.2. The highest BCUT2D eigenvalue weighted by Crippen LogP contribution is 2.22. The molecule has 0 spiro atoms. The zero-order valence-corrected chi connectivity index (χ0v) is 12.4. The zero-order valence-electron chi connectivity index (χ0n) is 10.8. The lowest BCUT2D eigenvalue weighted by Crippen LogP contribution is -2.13. The van der Waals surface area contributed by atoms with Gasteiger partial charge in [-0.3, -0.25) is 4.79 Å². The van der Waals surface area contributed by atoms with E-state index >= 15 is 0 Å². The Labute approximate surface area is 125 Å². The Kier molecular flexibility index (Phi) is 4.06. The number of aryl methyl sites for hydroxylation is 1. The molecule has 2 aromatic rings. The fraction of sp³-hybridized carbons (Fsp3) is 0.0667. The van der Waals surface area contributed by atoms with Crippen LogP contribution in [0.5, 0.6) is 0 Å². The molecule has 0 aromatic heterocycles. The monoisotopic (exact) mass is 329 g/mol. The van der Waals surface area contributed by atoms with Gasteiger partial charge in [-0.05, 0) is 52.7 Å². The van der Waals surface area contributed by atoms with E-state index in [1.165, 1.54) is 0 Å². The summed E-state index contributed by atoms with van der Waals surface area (Å²) in [6.45, 7) is 1.83. The van der Waals surface area contributed by atoms with Crippen molar-refractivity contribution in [2.24, 2.45) is 0 Å². The van der Waals surface area contributed by atoms with Crippen LogP contribution in [-0.4, -0.2) is 5.91 Å². The second kappa shape index (κ2) is 5.76. The average Bonchev–Trinajstić information content (AvgIpc) is 2.42. The molecule has 3 N–H and O–H groups in total. The predicted octanol–water partition coefficient (Wildman–Crippen LogP) is 3.46. The van der Waals surface area contributed by atoms with Crippen molar-refractivity contribution in [1.29, 1.82) is 5.26 Å². The van der Waals surface area contributed by atoms with E-state index < -0.39 is 0 Å². The molecule has 0 atom stereocenters. The fourth-order valence-corrected chi connectivity index (χ4v) is 2.05. The van der Waals surface area contributed by atoms with Gasteiger partial charge in [0.05, 0.1) is 11.3 Å². The Morgan fingerprint density at radius 1 is 1.35 bits per heavy atom. The summed E-state index contributed by atoms with van der Waals surface area (Å²) >= 11 is 3.28. The number of nitrogen functional groups attached to an aromatic ring is 1. The lowest BCUT2D eigenvalue weighted by Gasteiger charge is -2.09. The summed E-state index contributed by atoms with van der Waals surface area (Å²) in [6.07, 6.45) is 0. The summed E-state index contributed by atoms with van der Waals surface area (Å²) in [4.78, 5) is 12.2. The van der Waals surface area contributed by atoms with Crippen LogP contribution in [0, 0.1) is 18.3 Å². The van der Waals surface area contributed by atoms with Crippen LogP contribution in [0.15, 0.2) is 40.9 Å². The number of carbonyl (C=O) groups is 1. The fourth-order valence-electron chi connectivity index (χ4n) is 1.80. The van der Waals surface area contributed by atoms with Crippen LogP contribution in [0.25, 0.3) is 0 Å². The first kappa shape index (κ1) is 14.1. The predicted molar refractivity (Wildman–Crippen MR) is 82.4 cm³/mol. The second-order valence-electron chi connectivity index (χ2n) is 4.30. The lowest BCUT2D eigenvalue weighted by molar-refractivity contribution is 0.102. The number of halogens is 1. The molecule has 4 nitrogen and oxygen atoms in total. The highest BCUT2D eigenvalue weighted by atomic mass is 79.9. The number of nitrogens with zero attached hydrogens (tertiary/aromatic N) is 1. The summed E-state index contributed by atoms with van der Waals surface area (Å²) in [5.74, 6) is -0.300. The van der Waals surface area contributed by atoms with E-state index in [2.05, 4.69) is 27.3 Å². The molecule has 0 saturated heterocycles. The van der Waals surface area contributed by atoms with Crippen LogP contribution in [0.4, 0.5) is 11.4 Å². The number of nitrogens with two attached hydrogens (primary N) is 1. The molecular weight excluding hydrogens is 318 g/mol. The second-order valence-corrected chi connectivity index (χ2v) is 5.15. The van der Waals surface area contributed by atoms with E-state index in [-0.39, 0.29) is 5.91 Å². The SMILES string of the molecule is Cc1cccc(NC(=O)c2ccc(Br)c(N)c2)c1C#N. The number of anilines is 2. The largest absolute Gasteiger partial charge is 0.398 e. The molecule has 2 aromatic carbocycles. The topological polar surface area (TPSA) is 78.9 Å². The first-order valence-corrected chi connectivity index (χ1v) is 6.68. The summed E-state index contributed by atoms with van der Waals surface area (Å²) in [5, 5.41) is 11.9. The van der Waals surface area contributed by atoms with Gasteiger partial charge in [-0.15, -0.1) is 0 Å². The van der Waals surface area contributed by atoms with Gasteiger partial charge in [0.1, 0.15) is 6.07 Å². The Bertz CT molecular complexity index is 720. The van der Waals surface area contributed by atoms with Gasteiger partial charge in [-0.1, -0.05) is 12.1 Å². The van der Waals surface area contributed by atoms with Crippen molar-refractivity contribution < 1.29 is 4.79 Å². The molecule has 100 valence electrons. The lowest BCUT2D eigenvalue weighted by atomic mass is 10.1. The standard InChI is InChI=1S/C15H12BrN3O/c1-9-3-2-4-14(11(9)8-17)19-15(20)10-5-6-12(16)13(18)7-10/h2-7H,18H2,1H3,(H,19,20). The quantitative estimate of drug-likeness (QED) is 0.828. The first-order valence-electron chi connectivity index (χ1n) is 5.89. The number of rotatable bonds is 2.